The van der Waals surface area contributed by atoms with E-state index in [2.05, 4.69) is 5.32 Å². The summed E-state index contributed by atoms with van der Waals surface area (Å²) in [4.78, 5) is 11.8. The summed E-state index contributed by atoms with van der Waals surface area (Å²) in [5.74, 6) is -0.265. The Morgan fingerprint density at radius 3 is 2.84 bits per heavy atom. The van der Waals surface area contributed by atoms with Gasteiger partial charge in [-0.05, 0) is 37.9 Å². The van der Waals surface area contributed by atoms with Crippen molar-refractivity contribution >= 4 is 11.8 Å². The van der Waals surface area contributed by atoms with Gasteiger partial charge in [0.15, 0.2) is 0 Å². The first-order chi connectivity index (χ1) is 9.20. The van der Waals surface area contributed by atoms with E-state index in [1.54, 1.807) is 12.1 Å². The molecule has 2 unspecified atom stereocenters. The molecule has 5 heteroatoms. The van der Waals surface area contributed by atoms with E-state index in [9.17, 15) is 9.18 Å². The fourth-order valence-electron chi connectivity index (χ4n) is 2.44. The minimum Gasteiger partial charge on any atom is -0.446 e. The Hall–Kier alpha value is -1.62. The Kier molecular flexibility index (Phi) is 4.74. The maximum atomic E-state index is 13.4. The maximum absolute atomic E-state index is 13.4. The van der Waals surface area contributed by atoms with Crippen molar-refractivity contribution in [3.05, 3.63) is 30.1 Å². The van der Waals surface area contributed by atoms with Crippen molar-refractivity contribution in [1.29, 1.82) is 0 Å². The highest BCUT2D eigenvalue weighted by Crippen LogP contribution is 2.26. The third-order valence-electron chi connectivity index (χ3n) is 3.51. The van der Waals surface area contributed by atoms with Crippen molar-refractivity contribution in [2.75, 3.05) is 11.9 Å². The first-order valence-corrected chi connectivity index (χ1v) is 6.63. The molecule has 1 fully saturated rings. The van der Waals surface area contributed by atoms with Crippen LogP contribution in [0.3, 0.4) is 0 Å². The van der Waals surface area contributed by atoms with E-state index in [1.807, 2.05) is 0 Å². The summed E-state index contributed by atoms with van der Waals surface area (Å²) in [5, 5.41) is 2.43. The van der Waals surface area contributed by atoms with Crippen LogP contribution in [0.5, 0.6) is 0 Å². The number of amides is 1. The van der Waals surface area contributed by atoms with Crippen molar-refractivity contribution in [1.82, 2.24) is 0 Å². The summed E-state index contributed by atoms with van der Waals surface area (Å²) in [7, 11) is 0. The predicted octanol–water partition coefficient (Wildman–Crippen LogP) is 2.89. The SMILES string of the molecule is NCC1CCCCC1OC(=O)Nc1ccccc1F. The summed E-state index contributed by atoms with van der Waals surface area (Å²) in [6.07, 6.45) is 3.19. The van der Waals surface area contributed by atoms with Crippen LogP contribution in [0.25, 0.3) is 0 Å². The van der Waals surface area contributed by atoms with Crippen LogP contribution in [0.1, 0.15) is 25.7 Å². The fraction of sp³-hybridized carbons (Fsp3) is 0.500. The van der Waals surface area contributed by atoms with Crippen molar-refractivity contribution in [2.24, 2.45) is 11.7 Å². The molecule has 1 aliphatic rings. The average molecular weight is 266 g/mol. The van der Waals surface area contributed by atoms with E-state index < -0.39 is 11.9 Å². The highest BCUT2D eigenvalue weighted by Gasteiger charge is 2.27. The number of rotatable bonds is 3. The molecule has 19 heavy (non-hydrogen) atoms. The van der Waals surface area contributed by atoms with E-state index in [4.69, 9.17) is 10.5 Å². The van der Waals surface area contributed by atoms with E-state index in [0.717, 1.165) is 25.7 Å². The second kappa shape index (κ2) is 6.52. The fourth-order valence-corrected chi connectivity index (χ4v) is 2.44. The Labute approximate surface area is 112 Å². The number of halogens is 1. The van der Waals surface area contributed by atoms with Crippen LogP contribution in [0, 0.1) is 11.7 Å². The van der Waals surface area contributed by atoms with Gasteiger partial charge >= 0.3 is 6.09 Å². The zero-order valence-corrected chi connectivity index (χ0v) is 10.8. The number of nitrogens with two attached hydrogens (primary N) is 1. The van der Waals surface area contributed by atoms with Crippen LogP contribution >= 0.6 is 0 Å². The quantitative estimate of drug-likeness (QED) is 0.884. The highest BCUT2D eigenvalue weighted by atomic mass is 19.1. The van der Waals surface area contributed by atoms with Gasteiger partial charge in [-0.2, -0.15) is 0 Å². The molecule has 0 radical (unpaired) electrons. The van der Waals surface area contributed by atoms with Gasteiger partial charge in [-0.25, -0.2) is 9.18 Å². The van der Waals surface area contributed by atoms with Crippen LogP contribution in [0.15, 0.2) is 24.3 Å². The standard InChI is InChI=1S/C14H19FN2O2/c15-11-6-2-3-7-12(11)17-14(18)19-13-8-4-1-5-10(13)9-16/h2-3,6-7,10,13H,1,4-5,8-9,16H2,(H,17,18). The van der Waals surface area contributed by atoms with Gasteiger partial charge in [-0.3, -0.25) is 5.32 Å². The molecule has 0 spiro atoms. The molecular formula is C14H19FN2O2. The van der Waals surface area contributed by atoms with Gasteiger partial charge in [-0.1, -0.05) is 18.6 Å². The Bertz CT molecular complexity index is 439. The Morgan fingerprint density at radius 1 is 1.37 bits per heavy atom. The Balaban J connectivity index is 1.92. The molecule has 1 amide bonds. The number of anilines is 1. The number of benzene rings is 1. The van der Waals surface area contributed by atoms with E-state index in [0.29, 0.717) is 6.54 Å². The first-order valence-electron chi connectivity index (χ1n) is 6.63. The topological polar surface area (TPSA) is 64.3 Å². The molecular weight excluding hydrogens is 247 g/mol. The smallest absolute Gasteiger partial charge is 0.411 e. The number of carbonyl (C=O) groups is 1. The largest absolute Gasteiger partial charge is 0.446 e. The normalized spacial score (nSPS) is 22.8. The van der Waals surface area contributed by atoms with Crippen LogP contribution in [0.2, 0.25) is 0 Å². The maximum Gasteiger partial charge on any atom is 0.411 e. The molecule has 1 saturated carbocycles. The minimum absolute atomic E-state index is 0.132. The molecule has 0 saturated heterocycles. The molecule has 104 valence electrons. The summed E-state index contributed by atoms with van der Waals surface area (Å²) in [6.45, 7) is 0.512. The van der Waals surface area contributed by atoms with Crippen LogP contribution in [0.4, 0.5) is 14.9 Å². The second-order valence-corrected chi connectivity index (χ2v) is 4.83. The number of para-hydroxylation sites is 1. The first kappa shape index (κ1) is 13.8. The lowest BCUT2D eigenvalue weighted by atomic mass is 9.86. The van der Waals surface area contributed by atoms with Gasteiger partial charge in [0.05, 0.1) is 5.69 Å². The zero-order valence-electron chi connectivity index (χ0n) is 10.8. The lowest BCUT2D eigenvalue weighted by Gasteiger charge is -2.30. The molecule has 0 heterocycles. The van der Waals surface area contributed by atoms with Crippen molar-refractivity contribution < 1.29 is 13.9 Å². The molecule has 0 aliphatic heterocycles. The summed E-state index contributed by atoms with van der Waals surface area (Å²) in [6, 6.07) is 6.01. The highest BCUT2D eigenvalue weighted by molar-refractivity contribution is 5.84. The van der Waals surface area contributed by atoms with E-state index in [-0.39, 0.29) is 17.7 Å². The van der Waals surface area contributed by atoms with Crippen molar-refractivity contribution in [2.45, 2.75) is 31.8 Å². The van der Waals surface area contributed by atoms with E-state index >= 15 is 0 Å². The lowest BCUT2D eigenvalue weighted by molar-refractivity contribution is 0.0489. The monoisotopic (exact) mass is 266 g/mol. The van der Waals surface area contributed by atoms with E-state index in [1.165, 1.54) is 12.1 Å². The van der Waals surface area contributed by atoms with Crippen LogP contribution in [-0.4, -0.2) is 18.7 Å². The van der Waals surface area contributed by atoms with Gasteiger partial charge in [0.25, 0.3) is 0 Å². The molecule has 1 aromatic rings. The number of hydrogen-bond donors (Lipinski definition) is 2. The zero-order chi connectivity index (χ0) is 13.7. The summed E-state index contributed by atoms with van der Waals surface area (Å²) in [5.41, 5.74) is 5.81. The molecule has 4 nitrogen and oxygen atoms in total. The third-order valence-corrected chi connectivity index (χ3v) is 3.51. The van der Waals surface area contributed by atoms with Gasteiger partial charge in [0, 0.05) is 5.92 Å². The molecule has 2 rings (SSSR count). The molecule has 1 aromatic carbocycles. The average Bonchev–Trinajstić information content (AvgIpc) is 2.42. The number of carbonyl (C=O) groups excluding carboxylic acids is 1. The van der Waals surface area contributed by atoms with Gasteiger partial charge in [0.1, 0.15) is 11.9 Å². The van der Waals surface area contributed by atoms with Gasteiger partial charge in [-0.15, -0.1) is 0 Å². The molecule has 3 N–H and O–H groups in total. The summed E-state index contributed by atoms with van der Waals surface area (Å²) < 4.78 is 18.7. The second-order valence-electron chi connectivity index (χ2n) is 4.83. The van der Waals surface area contributed by atoms with Crippen LogP contribution < -0.4 is 11.1 Å². The third kappa shape index (κ3) is 3.67. The molecule has 2 atom stereocenters. The van der Waals surface area contributed by atoms with Gasteiger partial charge in [0.2, 0.25) is 0 Å². The summed E-state index contributed by atoms with van der Waals surface area (Å²) >= 11 is 0. The number of ether oxygens (including phenoxy) is 1. The predicted molar refractivity (Wildman–Crippen MR) is 71.3 cm³/mol. The Morgan fingerprint density at radius 2 is 2.11 bits per heavy atom. The molecule has 1 aliphatic carbocycles. The van der Waals surface area contributed by atoms with Crippen molar-refractivity contribution in [3.63, 3.8) is 0 Å². The molecule has 0 bridgehead atoms. The number of hydrogen-bond acceptors (Lipinski definition) is 3. The minimum atomic E-state index is -0.615. The van der Waals surface area contributed by atoms with Gasteiger partial charge < -0.3 is 10.5 Å². The van der Waals surface area contributed by atoms with Crippen molar-refractivity contribution in [3.8, 4) is 0 Å². The van der Waals surface area contributed by atoms with Crippen LogP contribution in [-0.2, 0) is 4.74 Å². The molecule has 0 aromatic heterocycles. The number of nitrogens with one attached hydrogen (secondary N) is 1. The lowest BCUT2D eigenvalue weighted by Crippen LogP contribution is -2.36.